The molecular formula is C24H25FN4O3. The minimum Gasteiger partial charge on any atom is -0.497 e. The first-order valence-electron chi connectivity index (χ1n) is 10.9. The maximum atomic E-state index is 15.2. The van der Waals surface area contributed by atoms with Crippen LogP contribution in [-0.2, 0) is 11.2 Å². The minimum absolute atomic E-state index is 0.105. The molecule has 0 unspecified atom stereocenters. The molecule has 1 atom stereocenters. The van der Waals surface area contributed by atoms with Crippen molar-refractivity contribution in [2.24, 2.45) is 11.3 Å². The van der Waals surface area contributed by atoms with Gasteiger partial charge in [-0.1, -0.05) is 18.2 Å². The molecule has 1 aliphatic heterocycles. The molecular weight excluding hydrogens is 411 g/mol. The van der Waals surface area contributed by atoms with Gasteiger partial charge in [0.15, 0.2) is 0 Å². The van der Waals surface area contributed by atoms with Gasteiger partial charge in [0, 0.05) is 24.3 Å². The number of carbonyl (C=O) groups is 1. The van der Waals surface area contributed by atoms with E-state index in [9.17, 15) is 9.59 Å². The van der Waals surface area contributed by atoms with Crippen molar-refractivity contribution >= 4 is 5.78 Å². The molecule has 1 aromatic heterocycles. The number of rotatable bonds is 7. The third-order valence-corrected chi connectivity index (χ3v) is 6.54. The van der Waals surface area contributed by atoms with Gasteiger partial charge < -0.3 is 10.1 Å². The number of halogens is 1. The lowest BCUT2D eigenvalue weighted by molar-refractivity contribution is -0.129. The molecule has 2 N–H and O–H groups in total. The largest absolute Gasteiger partial charge is 0.497 e. The Labute approximate surface area is 184 Å². The molecule has 3 aromatic rings. The highest BCUT2D eigenvalue weighted by Crippen LogP contribution is 2.42. The highest BCUT2D eigenvalue weighted by atomic mass is 19.1. The number of benzene rings is 2. The van der Waals surface area contributed by atoms with Crippen molar-refractivity contribution in [1.82, 2.24) is 20.1 Å². The topological polar surface area (TPSA) is 89.0 Å². The Morgan fingerprint density at radius 1 is 1.25 bits per heavy atom. The number of aromatic nitrogens is 3. The van der Waals surface area contributed by atoms with Gasteiger partial charge in [0.05, 0.1) is 12.8 Å². The molecule has 0 radical (unpaired) electrons. The lowest BCUT2D eigenvalue weighted by Gasteiger charge is -2.26. The molecule has 2 aliphatic rings. The lowest BCUT2D eigenvalue weighted by atomic mass is 9.77. The molecule has 8 heteroatoms. The smallest absolute Gasteiger partial charge is 0.348 e. The van der Waals surface area contributed by atoms with Crippen LogP contribution in [0.25, 0.3) is 16.8 Å². The lowest BCUT2D eigenvalue weighted by Crippen LogP contribution is -2.38. The van der Waals surface area contributed by atoms with E-state index in [0.29, 0.717) is 36.5 Å². The first-order valence-corrected chi connectivity index (χ1v) is 10.9. The van der Waals surface area contributed by atoms with E-state index in [1.807, 2.05) is 24.3 Å². The van der Waals surface area contributed by atoms with Gasteiger partial charge in [-0.2, -0.15) is 5.10 Å². The summed E-state index contributed by atoms with van der Waals surface area (Å²) < 4.78 is 21.7. The van der Waals surface area contributed by atoms with Gasteiger partial charge in [-0.25, -0.2) is 18.9 Å². The van der Waals surface area contributed by atoms with Gasteiger partial charge in [-0.3, -0.25) is 4.79 Å². The second kappa shape index (κ2) is 8.02. The Morgan fingerprint density at radius 3 is 2.75 bits per heavy atom. The van der Waals surface area contributed by atoms with E-state index in [4.69, 9.17) is 4.74 Å². The molecule has 32 heavy (non-hydrogen) atoms. The Balaban J connectivity index is 1.50. The number of hydrogen-bond donors (Lipinski definition) is 2. The molecule has 2 aromatic carbocycles. The molecule has 166 valence electrons. The number of carbonyl (C=O) groups excluding carboxylic acids is 1. The Kier molecular flexibility index (Phi) is 5.17. The summed E-state index contributed by atoms with van der Waals surface area (Å²) in [5, 5.41) is 9.89. The second-order valence-electron chi connectivity index (χ2n) is 8.70. The van der Waals surface area contributed by atoms with E-state index in [1.165, 1.54) is 10.6 Å². The summed E-state index contributed by atoms with van der Waals surface area (Å²) in [6.45, 7) is 1.30. The van der Waals surface area contributed by atoms with Gasteiger partial charge in [0.25, 0.3) is 0 Å². The van der Waals surface area contributed by atoms with E-state index in [1.54, 1.807) is 19.2 Å². The van der Waals surface area contributed by atoms with Crippen molar-refractivity contribution in [1.29, 1.82) is 0 Å². The Bertz CT molecular complexity index is 1220. The average Bonchev–Trinajstić information content (AvgIpc) is 3.45. The number of nitrogens with zero attached hydrogens (tertiary/aromatic N) is 2. The van der Waals surface area contributed by atoms with Crippen LogP contribution in [0.2, 0.25) is 0 Å². The summed E-state index contributed by atoms with van der Waals surface area (Å²) in [6, 6.07) is 12.1. The van der Waals surface area contributed by atoms with Crippen molar-refractivity contribution in [3.05, 3.63) is 64.6 Å². The van der Waals surface area contributed by atoms with Crippen LogP contribution < -0.4 is 15.7 Å². The van der Waals surface area contributed by atoms with Gasteiger partial charge >= 0.3 is 5.69 Å². The van der Waals surface area contributed by atoms with E-state index < -0.39 is 16.9 Å². The summed E-state index contributed by atoms with van der Waals surface area (Å²) in [5.74, 6) is 0.852. The molecule has 1 saturated carbocycles. The number of hydrogen-bond acceptors (Lipinski definition) is 5. The van der Waals surface area contributed by atoms with Crippen LogP contribution in [0.4, 0.5) is 4.39 Å². The van der Waals surface area contributed by atoms with Crippen molar-refractivity contribution in [2.75, 3.05) is 20.2 Å². The maximum Gasteiger partial charge on any atom is 0.348 e. The number of methoxy groups -OCH3 is 1. The van der Waals surface area contributed by atoms with E-state index in [0.717, 1.165) is 24.9 Å². The Morgan fingerprint density at radius 2 is 2.06 bits per heavy atom. The number of aromatic amines is 1. The number of Topliss-reactive ketones (excluding diaryl/α,β-unsaturated/α-hetero) is 1. The molecule has 2 heterocycles. The van der Waals surface area contributed by atoms with Crippen LogP contribution in [0.15, 0.2) is 47.3 Å². The fraction of sp³-hybridized carbons (Fsp3) is 0.375. The maximum absolute atomic E-state index is 15.2. The van der Waals surface area contributed by atoms with Crippen LogP contribution in [-0.4, -0.2) is 40.7 Å². The molecule has 0 bridgehead atoms. The highest BCUT2D eigenvalue weighted by molar-refractivity contribution is 5.89. The zero-order valence-corrected chi connectivity index (χ0v) is 17.9. The quantitative estimate of drug-likeness (QED) is 0.595. The van der Waals surface area contributed by atoms with Crippen LogP contribution in [0, 0.1) is 17.2 Å². The van der Waals surface area contributed by atoms with Crippen LogP contribution >= 0.6 is 0 Å². The van der Waals surface area contributed by atoms with E-state index in [-0.39, 0.29) is 17.4 Å². The van der Waals surface area contributed by atoms with E-state index in [2.05, 4.69) is 15.5 Å². The third kappa shape index (κ3) is 3.64. The zero-order valence-electron chi connectivity index (χ0n) is 17.9. The minimum atomic E-state index is -0.596. The summed E-state index contributed by atoms with van der Waals surface area (Å²) in [5.41, 5.74) is 0.476. The Hall–Kier alpha value is -3.26. The molecule has 1 saturated heterocycles. The number of ketones is 1. The van der Waals surface area contributed by atoms with Gasteiger partial charge in [0.2, 0.25) is 0 Å². The first-order chi connectivity index (χ1) is 15.5. The average molecular weight is 436 g/mol. The number of ether oxygens (including phenoxy) is 1. The second-order valence-corrected chi connectivity index (χ2v) is 8.70. The van der Waals surface area contributed by atoms with Gasteiger partial charge in [0.1, 0.15) is 23.2 Å². The number of nitrogens with one attached hydrogen (secondary N) is 2. The SMILES string of the molecule is COc1cccc(-c2ccc(-n3c(C[C@@]4(C(=O)C5CC5)CCNC4)n[nH]c3=O)c(F)c2)c1. The predicted octanol–water partition coefficient (Wildman–Crippen LogP) is 2.88. The standard InChI is InChI=1S/C24H25FN4O3/c1-32-18-4-2-3-16(11-18)17-7-8-20(19(25)12-17)29-21(27-28-23(29)31)13-24(9-10-26-14-24)22(30)15-5-6-15/h2-4,7-8,11-12,15,26H,5-6,9-10,13-14H2,1H3,(H,28,31)/t24-/m0/s1. The van der Waals surface area contributed by atoms with Crippen molar-refractivity contribution in [3.8, 4) is 22.6 Å². The van der Waals surface area contributed by atoms with Crippen LogP contribution in [0.5, 0.6) is 5.75 Å². The van der Waals surface area contributed by atoms with E-state index >= 15 is 4.39 Å². The summed E-state index contributed by atoms with van der Waals surface area (Å²) in [4.78, 5) is 25.6. The summed E-state index contributed by atoms with van der Waals surface area (Å²) >= 11 is 0. The molecule has 1 aliphatic carbocycles. The zero-order chi connectivity index (χ0) is 22.3. The van der Waals surface area contributed by atoms with Crippen molar-refractivity contribution in [3.63, 3.8) is 0 Å². The van der Waals surface area contributed by atoms with Gasteiger partial charge in [-0.05, 0) is 61.2 Å². The van der Waals surface area contributed by atoms with Crippen molar-refractivity contribution in [2.45, 2.75) is 25.7 Å². The molecule has 5 rings (SSSR count). The fourth-order valence-corrected chi connectivity index (χ4v) is 4.64. The number of H-pyrrole nitrogens is 1. The molecule has 7 nitrogen and oxygen atoms in total. The fourth-order valence-electron chi connectivity index (χ4n) is 4.64. The van der Waals surface area contributed by atoms with Crippen LogP contribution in [0.1, 0.15) is 25.1 Å². The predicted molar refractivity (Wildman–Crippen MR) is 117 cm³/mol. The van der Waals surface area contributed by atoms with Gasteiger partial charge in [-0.15, -0.1) is 0 Å². The third-order valence-electron chi connectivity index (χ3n) is 6.54. The molecule has 0 amide bonds. The normalized spacial score (nSPS) is 20.4. The molecule has 2 fully saturated rings. The highest BCUT2D eigenvalue weighted by Gasteiger charge is 2.48. The summed E-state index contributed by atoms with van der Waals surface area (Å²) in [7, 11) is 1.58. The molecule has 0 spiro atoms. The van der Waals surface area contributed by atoms with Crippen LogP contribution in [0.3, 0.4) is 0 Å². The first kappa shape index (κ1) is 20.6. The summed E-state index contributed by atoms with van der Waals surface area (Å²) in [6.07, 6.45) is 2.84. The monoisotopic (exact) mass is 436 g/mol. The van der Waals surface area contributed by atoms with Crippen molar-refractivity contribution < 1.29 is 13.9 Å².